The van der Waals surface area contributed by atoms with E-state index in [4.69, 9.17) is 21.4 Å². The molecule has 4 nitrogen and oxygen atoms in total. The molecule has 19 heavy (non-hydrogen) atoms. The van der Waals surface area contributed by atoms with Crippen LogP contribution < -0.4 is 4.74 Å². The molecule has 0 saturated heterocycles. The highest BCUT2D eigenvalue weighted by Crippen LogP contribution is 2.25. The summed E-state index contributed by atoms with van der Waals surface area (Å²) in [6.07, 6.45) is 3.14. The molecule has 0 saturated carbocycles. The van der Waals surface area contributed by atoms with Gasteiger partial charge >= 0.3 is 5.97 Å². The van der Waals surface area contributed by atoms with Gasteiger partial charge in [0, 0.05) is 18.0 Å². The first kappa shape index (κ1) is 13.4. The predicted octanol–water partition coefficient (Wildman–Crippen LogP) is 3.32. The van der Waals surface area contributed by atoms with Crippen LogP contribution in [0.3, 0.4) is 0 Å². The van der Waals surface area contributed by atoms with Gasteiger partial charge in [-0.25, -0.2) is 4.79 Å². The van der Waals surface area contributed by atoms with Gasteiger partial charge in [0.25, 0.3) is 0 Å². The van der Waals surface area contributed by atoms with Crippen LogP contribution in [0, 0.1) is 6.92 Å². The second-order valence-corrected chi connectivity index (χ2v) is 4.42. The summed E-state index contributed by atoms with van der Waals surface area (Å²) in [6, 6.07) is 6.74. The van der Waals surface area contributed by atoms with Crippen molar-refractivity contribution < 1.29 is 14.6 Å². The van der Waals surface area contributed by atoms with Crippen LogP contribution in [0.5, 0.6) is 5.75 Å². The summed E-state index contributed by atoms with van der Waals surface area (Å²) in [4.78, 5) is 15.0. The minimum absolute atomic E-state index is 0.144. The number of carboxylic acids is 1. The molecule has 1 aromatic carbocycles. The maximum absolute atomic E-state index is 11.1. The van der Waals surface area contributed by atoms with Gasteiger partial charge in [-0.15, -0.1) is 0 Å². The van der Waals surface area contributed by atoms with Crippen LogP contribution in [-0.2, 0) is 6.61 Å². The van der Waals surface area contributed by atoms with Gasteiger partial charge in [0.2, 0.25) is 0 Å². The summed E-state index contributed by atoms with van der Waals surface area (Å²) in [5.41, 5.74) is 1.67. The number of carboxylic acid groups (broad SMARTS) is 1. The van der Waals surface area contributed by atoms with Crippen molar-refractivity contribution >= 4 is 17.6 Å². The lowest BCUT2D eigenvalue weighted by Gasteiger charge is -2.12. The maximum atomic E-state index is 11.1. The van der Waals surface area contributed by atoms with Crippen LogP contribution in [-0.4, -0.2) is 16.1 Å². The Labute approximate surface area is 115 Å². The molecule has 0 spiro atoms. The number of hydrogen-bond acceptors (Lipinski definition) is 3. The number of carbonyl (C=O) groups is 1. The van der Waals surface area contributed by atoms with Gasteiger partial charge in [0.1, 0.15) is 17.9 Å². The largest absolute Gasteiger partial charge is 0.488 e. The summed E-state index contributed by atoms with van der Waals surface area (Å²) in [7, 11) is 0. The Kier molecular flexibility index (Phi) is 4.02. The Hall–Kier alpha value is -2.07. The zero-order valence-electron chi connectivity index (χ0n) is 10.3. The van der Waals surface area contributed by atoms with Crippen molar-refractivity contribution in [1.82, 2.24) is 4.98 Å². The maximum Gasteiger partial charge on any atom is 0.339 e. The molecular weight excluding hydrogens is 266 g/mol. The number of aryl methyl sites for hydroxylation is 1. The fourth-order valence-corrected chi connectivity index (χ4v) is 1.86. The van der Waals surface area contributed by atoms with Crippen molar-refractivity contribution in [1.29, 1.82) is 0 Å². The van der Waals surface area contributed by atoms with E-state index in [2.05, 4.69) is 4.98 Å². The number of aromatic carboxylic acids is 1. The van der Waals surface area contributed by atoms with Gasteiger partial charge in [0.05, 0.1) is 5.02 Å². The number of para-hydroxylation sites is 1. The summed E-state index contributed by atoms with van der Waals surface area (Å²) >= 11 is 5.97. The highest BCUT2D eigenvalue weighted by Gasteiger charge is 2.13. The quantitative estimate of drug-likeness (QED) is 0.931. The minimum Gasteiger partial charge on any atom is -0.488 e. The highest BCUT2D eigenvalue weighted by atomic mass is 35.5. The average molecular weight is 278 g/mol. The third-order valence-electron chi connectivity index (χ3n) is 2.67. The minimum atomic E-state index is -1.01. The molecule has 0 fully saturated rings. The topological polar surface area (TPSA) is 59.4 Å². The Morgan fingerprint density at radius 1 is 1.42 bits per heavy atom. The first-order valence-corrected chi connectivity index (χ1v) is 6.01. The van der Waals surface area contributed by atoms with E-state index >= 15 is 0 Å². The molecule has 0 radical (unpaired) electrons. The number of hydrogen-bond donors (Lipinski definition) is 1. The first-order chi connectivity index (χ1) is 9.09. The van der Waals surface area contributed by atoms with E-state index in [0.717, 1.165) is 11.1 Å². The Morgan fingerprint density at radius 3 is 2.89 bits per heavy atom. The SMILES string of the molecule is Cc1cccc(C(=O)O)c1OCc1ccncc1Cl. The van der Waals surface area contributed by atoms with E-state index in [-0.39, 0.29) is 12.2 Å². The Morgan fingerprint density at radius 2 is 2.21 bits per heavy atom. The lowest BCUT2D eigenvalue weighted by Crippen LogP contribution is -2.05. The molecule has 1 aromatic heterocycles. The van der Waals surface area contributed by atoms with Crippen LogP contribution >= 0.6 is 11.6 Å². The third-order valence-corrected chi connectivity index (χ3v) is 3.01. The normalized spacial score (nSPS) is 10.2. The molecule has 0 atom stereocenters. The molecule has 1 N–H and O–H groups in total. The number of benzene rings is 1. The number of aromatic nitrogens is 1. The van der Waals surface area contributed by atoms with Crippen LogP contribution in [0.4, 0.5) is 0 Å². The number of ether oxygens (including phenoxy) is 1. The van der Waals surface area contributed by atoms with E-state index in [1.54, 1.807) is 31.3 Å². The van der Waals surface area contributed by atoms with Crippen molar-refractivity contribution in [2.75, 3.05) is 0 Å². The number of halogens is 1. The smallest absolute Gasteiger partial charge is 0.339 e. The van der Waals surface area contributed by atoms with Crippen molar-refractivity contribution in [3.8, 4) is 5.75 Å². The summed E-state index contributed by atoms with van der Waals surface area (Å²) in [5.74, 6) is -0.651. The fourth-order valence-electron chi connectivity index (χ4n) is 1.68. The molecule has 0 amide bonds. The summed E-state index contributed by atoms with van der Waals surface area (Å²) < 4.78 is 5.60. The second kappa shape index (κ2) is 5.71. The van der Waals surface area contributed by atoms with Gasteiger partial charge in [-0.3, -0.25) is 4.98 Å². The standard InChI is InChI=1S/C14H12ClNO3/c1-9-3-2-4-11(14(17)18)13(9)19-8-10-5-6-16-7-12(10)15/h2-7H,8H2,1H3,(H,17,18). The molecule has 0 aliphatic heterocycles. The van der Waals surface area contributed by atoms with Gasteiger partial charge in [0.15, 0.2) is 0 Å². The molecule has 2 aromatic rings. The van der Waals surface area contributed by atoms with Gasteiger partial charge in [-0.05, 0) is 24.6 Å². The highest BCUT2D eigenvalue weighted by molar-refractivity contribution is 6.31. The molecular formula is C14H12ClNO3. The first-order valence-electron chi connectivity index (χ1n) is 5.63. The van der Waals surface area contributed by atoms with Gasteiger partial charge in [-0.1, -0.05) is 23.7 Å². The summed E-state index contributed by atoms with van der Waals surface area (Å²) in [6.45, 7) is 2.00. The van der Waals surface area contributed by atoms with Gasteiger partial charge in [-0.2, -0.15) is 0 Å². The predicted molar refractivity (Wildman–Crippen MR) is 71.7 cm³/mol. The molecule has 1 heterocycles. The molecule has 0 aliphatic carbocycles. The lowest BCUT2D eigenvalue weighted by atomic mass is 10.1. The molecule has 5 heteroatoms. The zero-order valence-corrected chi connectivity index (χ0v) is 11.0. The molecule has 98 valence electrons. The summed E-state index contributed by atoms with van der Waals surface area (Å²) in [5, 5.41) is 9.62. The lowest BCUT2D eigenvalue weighted by molar-refractivity contribution is 0.0691. The van der Waals surface area contributed by atoms with E-state index in [1.807, 2.05) is 0 Å². The van der Waals surface area contributed by atoms with E-state index in [1.165, 1.54) is 12.3 Å². The van der Waals surface area contributed by atoms with Gasteiger partial charge < -0.3 is 9.84 Å². The third kappa shape index (κ3) is 3.03. The van der Waals surface area contributed by atoms with Crippen LogP contribution in [0.2, 0.25) is 5.02 Å². The average Bonchev–Trinajstić information content (AvgIpc) is 2.38. The molecule has 0 unspecified atom stereocenters. The van der Waals surface area contributed by atoms with Crippen LogP contribution in [0.15, 0.2) is 36.7 Å². The number of pyridine rings is 1. The molecule has 0 bridgehead atoms. The Bertz CT molecular complexity index is 613. The fraction of sp³-hybridized carbons (Fsp3) is 0.143. The van der Waals surface area contributed by atoms with E-state index in [0.29, 0.717) is 10.8 Å². The number of nitrogens with zero attached hydrogens (tertiary/aromatic N) is 1. The van der Waals surface area contributed by atoms with Crippen molar-refractivity contribution in [3.05, 3.63) is 58.4 Å². The zero-order chi connectivity index (χ0) is 13.8. The second-order valence-electron chi connectivity index (χ2n) is 4.01. The molecule has 2 rings (SSSR count). The van der Waals surface area contributed by atoms with E-state index < -0.39 is 5.97 Å². The number of rotatable bonds is 4. The van der Waals surface area contributed by atoms with Crippen molar-refractivity contribution in [2.45, 2.75) is 13.5 Å². The monoisotopic (exact) mass is 277 g/mol. The Balaban J connectivity index is 2.25. The van der Waals surface area contributed by atoms with Crippen molar-refractivity contribution in [2.24, 2.45) is 0 Å². The van der Waals surface area contributed by atoms with Crippen molar-refractivity contribution in [3.63, 3.8) is 0 Å². The molecule has 0 aliphatic rings. The van der Waals surface area contributed by atoms with E-state index in [9.17, 15) is 4.79 Å². The van der Waals surface area contributed by atoms with Crippen LogP contribution in [0.1, 0.15) is 21.5 Å². The van der Waals surface area contributed by atoms with Crippen LogP contribution in [0.25, 0.3) is 0 Å².